The van der Waals surface area contributed by atoms with Crippen molar-refractivity contribution in [1.29, 1.82) is 0 Å². The number of nitrogens with one attached hydrogen (secondary N) is 1. The second kappa shape index (κ2) is 9.93. The van der Waals surface area contributed by atoms with Crippen LogP contribution in [0.1, 0.15) is 54.4 Å². The molecular weight excluding hydrogens is 471 g/mol. The van der Waals surface area contributed by atoms with Gasteiger partial charge in [-0.15, -0.1) is 0 Å². The fraction of sp³-hybridized carbons (Fsp3) is 0.333. The van der Waals surface area contributed by atoms with E-state index < -0.39 is 48.0 Å². The highest BCUT2D eigenvalue weighted by atomic mass is 19.3. The van der Waals surface area contributed by atoms with Gasteiger partial charge in [0, 0.05) is 36.4 Å². The summed E-state index contributed by atoms with van der Waals surface area (Å²) in [5.74, 6) is -6.82. The Morgan fingerprint density at radius 3 is 2.40 bits per heavy atom. The zero-order valence-corrected chi connectivity index (χ0v) is 18.6. The van der Waals surface area contributed by atoms with Crippen molar-refractivity contribution < 1.29 is 31.5 Å². The standard InChI is InChI=1S/C24H21F5N4O2/c1-2-35-23-31-10-14(11-32-23)22(34)33-21-19(13-5-7-24(28,29)8-6-13)18(27)12-30-20(21)16-9-15(25)3-4-17(16)26/h3-4,9-13H,2,5-8H2,1H3,(H,33,34). The lowest BCUT2D eigenvalue weighted by Gasteiger charge is -2.30. The first-order chi connectivity index (χ1) is 16.7. The van der Waals surface area contributed by atoms with E-state index in [1.54, 1.807) is 6.92 Å². The predicted molar refractivity (Wildman–Crippen MR) is 117 cm³/mol. The van der Waals surface area contributed by atoms with Crippen LogP contribution in [0.2, 0.25) is 0 Å². The SMILES string of the molecule is CCOc1ncc(C(=O)Nc2c(-c3cc(F)ccc3F)ncc(F)c2C2CCC(F)(F)CC2)cn1. The molecular formula is C24H21F5N4O2. The minimum absolute atomic E-state index is 0.0236. The number of benzene rings is 1. The third-order valence-corrected chi connectivity index (χ3v) is 5.78. The van der Waals surface area contributed by atoms with Crippen LogP contribution < -0.4 is 10.1 Å². The molecule has 1 aliphatic rings. The predicted octanol–water partition coefficient (Wildman–Crippen LogP) is 5.90. The molecule has 0 radical (unpaired) electrons. The van der Waals surface area contributed by atoms with Gasteiger partial charge in [-0.3, -0.25) is 9.78 Å². The van der Waals surface area contributed by atoms with Crippen molar-refractivity contribution in [2.45, 2.75) is 44.4 Å². The van der Waals surface area contributed by atoms with Gasteiger partial charge in [-0.05, 0) is 43.9 Å². The van der Waals surface area contributed by atoms with Gasteiger partial charge in [0.2, 0.25) is 5.92 Å². The molecule has 11 heteroatoms. The van der Waals surface area contributed by atoms with Crippen LogP contribution in [0.5, 0.6) is 6.01 Å². The largest absolute Gasteiger partial charge is 0.464 e. The van der Waals surface area contributed by atoms with Crippen LogP contribution >= 0.6 is 0 Å². The third-order valence-electron chi connectivity index (χ3n) is 5.78. The maximum atomic E-state index is 15.1. The molecule has 0 atom stereocenters. The number of hydrogen-bond acceptors (Lipinski definition) is 5. The number of halogens is 5. The zero-order chi connectivity index (χ0) is 25.2. The lowest BCUT2D eigenvalue weighted by Crippen LogP contribution is -2.25. The van der Waals surface area contributed by atoms with E-state index in [2.05, 4.69) is 20.3 Å². The highest BCUT2D eigenvalue weighted by Crippen LogP contribution is 2.45. The minimum atomic E-state index is -2.87. The van der Waals surface area contributed by atoms with Crippen molar-refractivity contribution in [3.8, 4) is 17.3 Å². The van der Waals surface area contributed by atoms with Crippen molar-refractivity contribution in [3.63, 3.8) is 0 Å². The summed E-state index contributed by atoms with van der Waals surface area (Å²) in [7, 11) is 0. The van der Waals surface area contributed by atoms with E-state index >= 15 is 4.39 Å². The van der Waals surface area contributed by atoms with E-state index in [4.69, 9.17) is 4.74 Å². The molecule has 0 bridgehead atoms. The quantitative estimate of drug-likeness (QED) is 0.434. The smallest absolute Gasteiger partial charge is 0.316 e. The van der Waals surface area contributed by atoms with E-state index in [1.165, 1.54) is 12.4 Å². The Labute approximate surface area is 197 Å². The molecule has 3 aromatic rings. The average Bonchev–Trinajstić information content (AvgIpc) is 2.82. The summed E-state index contributed by atoms with van der Waals surface area (Å²) in [6.07, 6.45) is 2.12. The third kappa shape index (κ3) is 5.39. The highest BCUT2D eigenvalue weighted by Gasteiger charge is 2.38. The first kappa shape index (κ1) is 24.5. The van der Waals surface area contributed by atoms with E-state index in [1.807, 2.05) is 0 Å². The van der Waals surface area contributed by atoms with Gasteiger partial charge in [-0.2, -0.15) is 0 Å². The molecule has 1 aliphatic carbocycles. The Bertz CT molecular complexity index is 1230. The number of aromatic nitrogens is 3. The molecule has 1 N–H and O–H groups in total. The molecule has 0 spiro atoms. The fourth-order valence-corrected chi connectivity index (χ4v) is 4.06. The Kier molecular flexibility index (Phi) is 6.95. The summed E-state index contributed by atoms with van der Waals surface area (Å²) >= 11 is 0. The van der Waals surface area contributed by atoms with Crippen molar-refractivity contribution in [2.75, 3.05) is 11.9 Å². The van der Waals surface area contributed by atoms with Crippen LogP contribution in [0.15, 0.2) is 36.8 Å². The molecule has 1 saturated carbocycles. The molecule has 6 nitrogen and oxygen atoms in total. The van der Waals surface area contributed by atoms with Crippen LogP contribution in [0.25, 0.3) is 11.3 Å². The topological polar surface area (TPSA) is 77.0 Å². The Hall–Kier alpha value is -3.63. The monoisotopic (exact) mass is 492 g/mol. The summed E-state index contributed by atoms with van der Waals surface area (Å²) in [5, 5.41) is 2.51. The number of ether oxygens (including phenoxy) is 1. The van der Waals surface area contributed by atoms with Crippen LogP contribution in [-0.4, -0.2) is 33.4 Å². The van der Waals surface area contributed by atoms with Crippen molar-refractivity contribution in [3.05, 3.63) is 65.4 Å². The van der Waals surface area contributed by atoms with Gasteiger partial charge >= 0.3 is 6.01 Å². The number of amides is 1. The molecule has 35 heavy (non-hydrogen) atoms. The number of alkyl halides is 2. The van der Waals surface area contributed by atoms with E-state index in [0.29, 0.717) is 6.61 Å². The number of carbonyl (C=O) groups is 1. The number of carbonyl (C=O) groups excluding carboxylic acids is 1. The molecule has 1 aromatic carbocycles. The molecule has 2 aromatic heterocycles. The second-order valence-corrected chi connectivity index (χ2v) is 8.14. The maximum Gasteiger partial charge on any atom is 0.316 e. The van der Waals surface area contributed by atoms with Crippen LogP contribution in [-0.2, 0) is 0 Å². The van der Waals surface area contributed by atoms with Crippen LogP contribution in [0, 0.1) is 17.5 Å². The van der Waals surface area contributed by atoms with Crippen LogP contribution in [0.4, 0.5) is 27.6 Å². The van der Waals surface area contributed by atoms with E-state index in [-0.39, 0.29) is 46.9 Å². The van der Waals surface area contributed by atoms with Gasteiger partial charge in [-0.1, -0.05) is 0 Å². The maximum absolute atomic E-state index is 15.1. The first-order valence-electron chi connectivity index (χ1n) is 11.0. The summed E-state index contributed by atoms with van der Waals surface area (Å²) < 4.78 is 76.3. The van der Waals surface area contributed by atoms with Gasteiger partial charge < -0.3 is 10.1 Å². The van der Waals surface area contributed by atoms with Crippen molar-refractivity contribution in [1.82, 2.24) is 15.0 Å². The summed E-state index contributed by atoms with van der Waals surface area (Å²) in [5.41, 5.74) is -0.871. The molecule has 0 unspecified atom stereocenters. The molecule has 2 heterocycles. The Morgan fingerprint density at radius 2 is 1.74 bits per heavy atom. The number of nitrogens with zero attached hydrogens (tertiary/aromatic N) is 3. The lowest BCUT2D eigenvalue weighted by atomic mass is 9.81. The Morgan fingerprint density at radius 1 is 1.06 bits per heavy atom. The molecule has 184 valence electrons. The van der Waals surface area contributed by atoms with Gasteiger partial charge in [0.1, 0.15) is 17.5 Å². The van der Waals surface area contributed by atoms with Gasteiger partial charge in [0.15, 0.2) is 0 Å². The van der Waals surface area contributed by atoms with E-state index in [9.17, 15) is 22.4 Å². The first-order valence-corrected chi connectivity index (χ1v) is 11.0. The normalized spacial score (nSPS) is 15.6. The van der Waals surface area contributed by atoms with Gasteiger partial charge in [-0.25, -0.2) is 31.9 Å². The zero-order valence-electron chi connectivity index (χ0n) is 18.6. The summed E-state index contributed by atoms with van der Waals surface area (Å²) in [6.45, 7) is 2.05. The molecule has 1 amide bonds. The number of anilines is 1. The molecule has 0 saturated heterocycles. The summed E-state index contributed by atoms with van der Waals surface area (Å²) in [4.78, 5) is 24.7. The molecule has 4 rings (SSSR count). The average molecular weight is 492 g/mol. The highest BCUT2D eigenvalue weighted by molar-refractivity contribution is 6.06. The summed E-state index contributed by atoms with van der Waals surface area (Å²) in [6, 6.07) is 2.69. The van der Waals surface area contributed by atoms with E-state index in [0.717, 1.165) is 24.4 Å². The van der Waals surface area contributed by atoms with Gasteiger partial charge in [0.05, 0.1) is 29.7 Å². The molecule has 1 fully saturated rings. The lowest BCUT2D eigenvalue weighted by molar-refractivity contribution is -0.0384. The van der Waals surface area contributed by atoms with Crippen molar-refractivity contribution >= 4 is 11.6 Å². The van der Waals surface area contributed by atoms with Gasteiger partial charge in [0.25, 0.3) is 5.91 Å². The second-order valence-electron chi connectivity index (χ2n) is 8.14. The van der Waals surface area contributed by atoms with Crippen molar-refractivity contribution in [2.24, 2.45) is 0 Å². The minimum Gasteiger partial charge on any atom is -0.464 e. The number of pyridine rings is 1. The molecule has 0 aliphatic heterocycles. The fourth-order valence-electron chi connectivity index (χ4n) is 4.06. The number of hydrogen-bond donors (Lipinski definition) is 1. The van der Waals surface area contributed by atoms with Crippen LogP contribution in [0.3, 0.4) is 0 Å². The Balaban J connectivity index is 1.79. The number of rotatable bonds is 6.